The van der Waals surface area contributed by atoms with E-state index < -0.39 is 18.2 Å². The topological polar surface area (TPSA) is 89.8 Å². The lowest BCUT2D eigenvalue weighted by Crippen LogP contribution is -2.45. The van der Waals surface area contributed by atoms with Crippen molar-refractivity contribution in [2.45, 2.75) is 154 Å². The second-order valence-corrected chi connectivity index (χ2v) is 10.7. The molecule has 0 radical (unpaired) electrons. The fraction of sp³-hybridized carbons (Fsp3) is 0.735. The minimum atomic E-state index is -0.860. The Morgan fingerprint density at radius 1 is 0.692 bits per heavy atom. The maximum absolute atomic E-state index is 12.2. The predicted molar refractivity (Wildman–Crippen MR) is 167 cm³/mol. The fourth-order valence-electron chi connectivity index (χ4n) is 4.39. The number of amides is 1. The highest BCUT2D eigenvalue weighted by Crippen LogP contribution is 2.11. The molecule has 0 saturated heterocycles. The molecule has 5 nitrogen and oxygen atoms in total. The van der Waals surface area contributed by atoms with Crippen molar-refractivity contribution < 1.29 is 20.1 Å². The summed E-state index contributed by atoms with van der Waals surface area (Å²) in [6.45, 7) is 4.05. The molecule has 4 N–H and O–H groups in total. The van der Waals surface area contributed by atoms with E-state index in [9.17, 15) is 20.1 Å². The molecule has 0 bridgehead atoms. The number of unbranched alkanes of at least 4 members (excludes halogenated alkanes) is 14. The Bertz CT molecular complexity index is 656. The number of nitrogens with one attached hydrogen (secondary N) is 1. The second kappa shape index (κ2) is 29.3. The molecule has 0 fully saturated rings. The van der Waals surface area contributed by atoms with Crippen molar-refractivity contribution in [3.63, 3.8) is 0 Å². The average Bonchev–Trinajstić information content (AvgIpc) is 2.93. The Labute approximate surface area is 240 Å². The van der Waals surface area contributed by atoms with Crippen LogP contribution in [0, 0.1) is 0 Å². The van der Waals surface area contributed by atoms with Gasteiger partial charge in [-0.05, 0) is 44.9 Å². The number of aliphatic hydroxyl groups excluding tert-OH is 3. The maximum atomic E-state index is 12.2. The van der Waals surface area contributed by atoms with E-state index >= 15 is 0 Å². The highest BCUT2D eigenvalue weighted by atomic mass is 16.3. The number of rotatable bonds is 27. The Kier molecular flexibility index (Phi) is 28.0. The van der Waals surface area contributed by atoms with Gasteiger partial charge in [0.15, 0.2) is 0 Å². The van der Waals surface area contributed by atoms with Crippen molar-refractivity contribution in [2.24, 2.45) is 0 Å². The Morgan fingerprint density at radius 2 is 1.28 bits per heavy atom. The van der Waals surface area contributed by atoms with Gasteiger partial charge in [-0.25, -0.2) is 0 Å². The van der Waals surface area contributed by atoms with Crippen LogP contribution in [0.15, 0.2) is 48.6 Å². The van der Waals surface area contributed by atoms with E-state index in [1.54, 1.807) is 6.08 Å². The van der Waals surface area contributed by atoms with Crippen LogP contribution in [-0.2, 0) is 4.79 Å². The van der Waals surface area contributed by atoms with Gasteiger partial charge in [-0.3, -0.25) is 4.79 Å². The molecule has 0 aromatic rings. The van der Waals surface area contributed by atoms with Crippen LogP contribution in [0.1, 0.15) is 136 Å². The summed E-state index contributed by atoms with van der Waals surface area (Å²) in [5.74, 6) is -0.109. The van der Waals surface area contributed by atoms with Crippen molar-refractivity contribution in [1.29, 1.82) is 0 Å². The van der Waals surface area contributed by atoms with Gasteiger partial charge >= 0.3 is 0 Å². The summed E-state index contributed by atoms with van der Waals surface area (Å²) in [5.41, 5.74) is 0. The first-order valence-corrected chi connectivity index (χ1v) is 16.0. The molecule has 1 unspecified atom stereocenters. The molecule has 0 heterocycles. The monoisotopic (exact) mass is 547 g/mol. The number of carbonyl (C=O) groups excluding carboxylic acids is 1. The van der Waals surface area contributed by atoms with Crippen LogP contribution >= 0.6 is 0 Å². The van der Waals surface area contributed by atoms with Gasteiger partial charge in [0.05, 0.1) is 24.9 Å². The maximum Gasteiger partial charge on any atom is 0.220 e. The highest BCUT2D eigenvalue weighted by Gasteiger charge is 2.17. The molecular formula is C34H61NO4. The van der Waals surface area contributed by atoms with Gasteiger partial charge < -0.3 is 20.6 Å². The number of allylic oxidation sites excluding steroid dienone is 5. The van der Waals surface area contributed by atoms with E-state index in [4.69, 9.17) is 0 Å². The van der Waals surface area contributed by atoms with Crippen LogP contribution in [0.25, 0.3) is 0 Å². The van der Waals surface area contributed by atoms with Crippen LogP contribution in [-0.4, -0.2) is 46.1 Å². The highest BCUT2D eigenvalue weighted by molar-refractivity contribution is 5.76. The van der Waals surface area contributed by atoms with Crippen LogP contribution in [0.4, 0.5) is 0 Å². The standard InChI is InChI=1S/C34H61NO4/c1-3-5-7-8-9-10-11-14-17-20-24-28-33(38)32(30-36)35-34(39)29-25-21-18-15-12-13-16-19-23-27-31(37)26-22-6-4-2/h6,16,19,22-24,27-28,31-33,36-38H,3-5,7-15,17-18,20-21,25-26,29-30H2,1-2H3,(H,35,39)/b19-16+,22-6+,27-23+,28-24+/t31?,32-,33+/m0/s1. The van der Waals surface area contributed by atoms with Crippen LogP contribution in [0.3, 0.4) is 0 Å². The molecule has 0 aliphatic heterocycles. The van der Waals surface area contributed by atoms with Crippen molar-refractivity contribution in [1.82, 2.24) is 5.32 Å². The van der Waals surface area contributed by atoms with Crippen LogP contribution in [0.5, 0.6) is 0 Å². The van der Waals surface area contributed by atoms with Gasteiger partial charge in [-0.2, -0.15) is 0 Å². The third kappa shape index (κ3) is 26.3. The number of aliphatic hydroxyl groups is 3. The molecule has 1 amide bonds. The molecule has 226 valence electrons. The van der Waals surface area contributed by atoms with Gasteiger partial charge in [0.2, 0.25) is 5.91 Å². The zero-order chi connectivity index (χ0) is 28.8. The molecule has 3 atom stereocenters. The van der Waals surface area contributed by atoms with E-state index in [1.807, 2.05) is 30.4 Å². The summed E-state index contributed by atoms with van der Waals surface area (Å²) < 4.78 is 0. The first-order valence-electron chi connectivity index (χ1n) is 16.0. The molecule has 0 rings (SSSR count). The molecule has 0 aromatic heterocycles. The molecule has 0 saturated carbocycles. The second-order valence-electron chi connectivity index (χ2n) is 10.7. The minimum absolute atomic E-state index is 0.109. The molecular weight excluding hydrogens is 486 g/mol. The third-order valence-corrected chi connectivity index (χ3v) is 6.90. The van der Waals surface area contributed by atoms with E-state index in [0.717, 1.165) is 57.8 Å². The lowest BCUT2D eigenvalue weighted by atomic mass is 10.1. The quantitative estimate of drug-likeness (QED) is 0.0479. The SMILES string of the molecule is CC/C=C/CC(O)/C=C/C=C/CCCCCCCC(=O)N[C@@H](CO)[C@H](O)/C=C/CCCCCCCCCCC. The zero-order valence-electron chi connectivity index (χ0n) is 25.2. The molecule has 5 heteroatoms. The summed E-state index contributed by atoms with van der Waals surface area (Å²) in [4.78, 5) is 12.2. The minimum Gasteiger partial charge on any atom is -0.394 e. The van der Waals surface area contributed by atoms with Gasteiger partial charge in [-0.1, -0.05) is 133 Å². The van der Waals surface area contributed by atoms with Gasteiger partial charge in [0.25, 0.3) is 0 Å². The summed E-state index contributed by atoms with van der Waals surface area (Å²) in [5, 5.41) is 32.5. The number of carbonyl (C=O) groups is 1. The van der Waals surface area contributed by atoms with Crippen molar-refractivity contribution in [3.8, 4) is 0 Å². The summed E-state index contributed by atoms with van der Waals surface area (Å²) in [6, 6.07) is -0.647. The smallest absolute Gasteiger partial charge is 0.220 e. The first kappa shape index (κ1) is 37.3. The summed E-state index contributed by atoms with van der Waals surface area (Å²) >= 11 is 0. The van der Waals surface area contributed by atoms with E-state index in [2.05, 4.69) is 31.3 Å². The van der Waals surface area contributed by atoms with E-state index in [-0.39, 0.29) is 12.5 Å². The molecule has 0 aliphatic carbocycles. The third-order valence-electron chi connectivity index (χ3n) is 6.90. The molecule has 39 heavy (non-hydrogen) atoms. The number of hydrogen-bond donors (Lipinski definition) is 4. The summed E-state index contributed by atoms with van der Waals surface area (Å²) in [6.07, 6.45) is 35.1. The Balaban J connectivity index is 3.79. The lowest BCUT2D eigenvalue weighted by molar-refractivity contribution is -0.123. The summed E-state index contributed by atoms with van der Waals surface area (Å²) in [7, 11) is 0. The first-order chi connectivity index (χ1) is 19.0. The van der Waals surface area contributed by atoms with Crippen LogP contribution in [0.2, 0.25) is 0 Å². The normalized spacial score (nSPS) is 14.7. The Hall–Kier alpha value is -1.69. The number of hydrogen-bond acceptors (Lipinski definition) is 4. The lowest BCUT2D eigenvalue weighted by Gasteiger charge is -2.20. The average molecular weight is 548 g/mol. The van der Waals surface area contributed by atoms with Crippen LogP contribution < -0.4 is 5.32 Å². The van der Waals surface area contributed by atoms with E-state index in [0.29, 0.717) is 12.8 Å². The Morgan fingerprint density at radius 3 is 1.90 bits per heavy atom. The van der Waals surface area contributed by atoms with Crippen molar-refractivity contribution in [3.05, 3.63) is 48.6 Å². The van der Waals surface area contributed by atoms with E-state index in [1.165, 1.54) is 51.4 Å². The fourth-order valence-corrected chi connectivity index (χ4v) is 4.39. The van der Waals surface area contributed by atoms with Crippen molar-refractivity contribution >= 4 is 5.91 Å². The molecule has 0 aromatic carbocycles. The van der Waals surface area contributed by atoms with Gasteiger partial charge in [0, 0.05) is 6.42 Å². The zero-order valence-corrected chi connectivity index (χ0v) is 25.2. The largest absolute Gasteiger partial charge is 0.394 e. The van der Waals surface area contributed by atoms with Gasteiger partial charge in [-0.15, -0.1) is 0 Å². The molecule has 0 aliphatic rings. The van der Waals surface area contributed by atoms with Crippen molar-refractivity contribution in [2.75, 3.05) is 6.61 Å². The predicted octanol–water partition coefficient (Wildman–Crippen LogP) is 7.86. The molecule has 0 spiro atoms. The van der Waals surface area contributed by atoms with Gasteiger partial charge in [0.1, 0.15) is 0 Å².